The van der Waals surface area contributed by atoms with Gasteiger partial charge in [0, 0.05) is 10.7 Å². The fraction of sp³-hybridized carbons (Fsp3) is 0.250. The monoisotopic (exact) mass is 297 g/mol. The van der Waals surface area contributed by atoms with Crippen molar-refractivity contribution in [3.05, 3.63) is 35.1 Å². The van der Waals surface area contributed by atoms with Crippen molar-refractivity contribution in [3.63, 3.8) is 0 Å². The number of methoxy groups -OCH3 is 1. The summed E-state index contributed by atoms with van der Waals surface area (Å²) in [6.45, 7) is 1.85. The van der Waals surface area contributed by atoms with Crippen molar-refractivity contribution in [1.82, 2.24) is 14.8 Å². The van der Waals surface area contributed by atoms with E-state index in [0.717, 1.165) is 11.5 Å². The van der Waals surface area contributed by atoms with Gasteiger partial charge in [-0.15, -0.1) is 10.2 Å². The number of hydrogen-bond donors (Lipinski definition) is 0. The maximum atomic E-state index is 11.2. The molecule has 1 heterocycles. The van der Waals surface area contributed by atoms with E-state index in [1.54, 1.807) is 12.1 Å². The Hall–Kier alpha value is -1.53. The molecule has 19 heavy (non-hydrogen) atoms. The standard InChI is InChI=1S/C12H12ClN3O2S/c1-8-14-15-12(19-7-11(17)18-2)16(8)10-5-3-9(13)4-6-10/h3-6H,7H2,1-2H3. The van der Waals surface area contributed by atoms with Crippen LogP contribution in [0.3, 0.4) is 0 Å². The largest absolute Gasteiger partial charge is 0.468 e. The highest BCUT2D eigenvalue weighted by molar-refractivity contribution is 7.99. The highest BCUT2D eigenvalue weighted by Crippen LogP contribution is 2.22. The molecule has 0 aliphatic rings. The maximum absolute atomic E-state index is 11.2. The molecule has 0 aliphatic heterocycles. The number of carbonyl (C=O) groups excluding carboxylic acids is 1. The summed E-state index contributed by atoms with van der Waals surface area (Å²) < 4.78 is 6.47. The van der Waals surface area contributed by atoms with Crippen LogP contribution in [-0.2, 0) is 9.53 Å². The molecule has 0 unspecified atom stereocenters. The molecular weight excluding hydrogens is 286 g/mol. The molecule has 5 nitrogen and oxygen atoms in total. The first-order valence-electron chi connectivity index (χ1n) is 5.49. The molecule has 100 valence electrons. The van der Waals surface area contributed by atoms with E-state index in [-0.39, 0.29) is 11.7 Å². The Kier molecular flexibility index (Phi) is 4.44. The van der Waals surface area contributed by atoms with Crippen LogP contribution in [0.1, 0.15) is 5.82 Å². The summed E-state index contributed by atoms with van der Waals surface area (Å²) in [5.74, 6) is 0.644. The van der Waals surface area contributed by atoms with Gasteiger partial charge in [0.2, 0.25) is 0 Å². The van der Waals surface area contributed by atoms with E-state index < -0.39 is 0 Å². The fourth-order valence-corrected chi connectivity index (χ4v) is 2.46. The van der Waals surface area contributed by atoms with E-state index in [1.165, 1.54) is 18.9 Å². The lowest BCUT2D eigenvalue weighted by molar-refractivity contribution is -0.137. The molecule has 2 aromatic rings. The summed E-state index contributed by atoms with van der Waals surface area (Å²) in [5, 5.41) is 9.39. The van der Waals surface area contributed by atoms with Crippen LogP contribution in [-0.4, -0.2) is 33.6 Å². The van der Waals surface area contributed by atoms with Gasteiger partial charge >= 0.3 is 5.97 Å². The first-order chi connectivity index (χ1) is 9.11. The molecule has 7 heteroatoms. The Morgan fingerprint density at radius 2 is 2.05 bits per heavy atom. The number of carbonyl (C=O) groups is 1. The Balaban J connectivity index is 2.27. The highest BCUT2D eigenvalue weighted by Gasteiger charge is 2.13. The van der Waals surface area contributed by atoms with Gasteiger partial charge < -0.3 is 4.74 Å². The van der Waals surface area contributed by atoms with Crippen LogP contribution in [0.2, 0.25) is 5.02 Å². The maximum Gasteiger partial charge on any atom is 0.316 e. The number of thioether (sulfide) groups is 1. The van der Waals surface area contributed by atoms with Crippen molar-refractivity contribution in [2.75, 3.05) is 12.9 Å². The van der Waals surface area contributed by atoms with Crippen LogP contribution in [0.15, 0.2) is 29.4 Å². The average Bonchev–Trinajstić information content (AvgIpc) is 2.78. The normalized spacial score (nSPS) is 10.5. The van der Waals surface area contributed by atoms with Crippen LogP contribution in [0.25, 0.3) is 5.69 Å². The number of esters is 1. The minimum absolute atomic E-state index is 0.197. The predicted octanol–water partition coefficient (Wildman–Crippen LogP) is 2.49. The zero-order valence-corrected chi connectivity index (χ0v) is 12.0. The van der Waals surface area contributed by atoms with Gasteiger partial charge in [-0.1, -0.05) is 23.4 Å². The topological polar surface area (TPSA) is 57.0 Å². The number of nitrogens with zero attached hydrogens (tertiary/aromatic N) is 3. The molecule has 0 bridgehead atoms. The van der Waals surface area contributed by atoms with Gasteiger partial charge in [-0.25, -0.2) is 0 Å². The minimum atomic E-state index is -0.298. The lowest BCUT2D eigenvalue weighted by Gasteiger charge is -2.07. The van der Waals surface area contributed by atoms with Gasteiger partial charge in [0.1, 0.15) is 5.82 Å². The fourth-order valence-electron chi connectivity index (χ4n) is 1.51. The van der Waals surface area contributed by atoms with E-state index in [2.05, 4.69) is 14.9 Å². The number of benzene rings is 1. The molecule has 2 rings (SSSR count). The third kappa shape index (κ3) is 3.27. The van der Waals surface area contributed by atoms with Crippen LogP contribution < -0.4 is 0 Å². The second-order valence-corrected chi connectivity index (χ2v) is 5.09. The number of ether oxygens (including phenoxy) is 1. The second kappa shape index (κ2) is 6.08. The van der Waals surface area contributed by atoms with E-state index >= 15 is 0 Å². The number of aromatic nitrogens is 3. The van der Waals surface area contributed by atoms with Gasteiger partial charge in [0.25, 0.3) is 0 Å². The van der Waals surface area contributed by atoms with Gasteiger partial charge in [-0.2, -0.15) is 0 Å². The summed E-state index contributed by atoms with van der Waals surface area (Å²) >= 11 is 7.15. The molecule has 0 atom stereocenters. The number of halogens is 1. The zero-order valence-electron chi connectivity index (χ0n) is 10.5. The molecule has 0 fully saturated rings. The lowest BCUT2D eigenvalue weighted by Crippen LogP contribution is -2.05. The third-order valence-corrected chi connectivity index (χ3v) is 3.58. The predicted molar refractivity (Wildman–Crippen MR) is 73.8 cm³/mol. The number of hydrogen-bond acceptors (Lipinski definition) is 5. The lowest BCUT2D eigenvalue weighted by atomic mass is 10.3. The summed E-state index contributed by atoms with van der Waals surface area (Å²) in [5.41, 5.74) is 0.902. The molecule has 0 saturated heterocycles. The molecule has 0 N–H and O–H groups in total. The van der Waals surface area contributed by atoms with Crippen molar-refractivity contribution < 1.29 is 9.53 Å². The third-order valence-electron chi connectivity index (χ3n) is 2.43. The zero-order chi connectivity index (χ0) is 13.8. The van der Waals surface area contributed by atoms with Crippen molar-refractivity contribution in [3.8, 4) is 5.69 Å². The molecule has 0 saturated carbocycles. The first kappa shape index (κ1) is 13.9. The first-order valence-corrected chi connectivity index (χ1v) is 6.85. The van der Waals surface area contributed by atoms with Crippen molar-refractivity contribution in [2.45, 2.75) is 12.1 Å². The van der Waals surface area contributed by atoms with Gasteiger partial charge in [0.15, 0.2) is 5.16 Å². The van der Waals surface area contributed by atoms with E-state index in [9.17, 15) is 4.79 Å². The molecule has 0 aliphatic carbocycles. The van der Waals surface area contributed by atoms with Gasteiger partial charge in [-0.05, 0) is 31.2 Å². The summed E-state index contributed by atoms with van der Waals surface area (Å²) in [7, 11) is 1.36. The van der Waals surface area contributed by atoms with Crippen LogP contribution in [0, 0.1) is 6.92 Å². The molecule has 1 aromatic carbocycles. The Bertz CT molecular complexity index is 583. The minimum Gasteiger partial charge on any atom is -0.468 e. The van der Waals surface area contributed by atoms with Crippen molar-refractivity contribution >= 4 is 29.3 Å². The Morgan fingerprint density at radius 3 is 2.68 bits per heavy atom. The number of aryl methyl sites for hydroxylation is 1. The summed E-state index contributed by atoms with van der Waals surface area (Å²) in [6, 6.07) is 7.35. The summed E-state index contributed by atoms with van der Waals surface area (Å²) in [4.78, 5) is 11.2. The smallest absolute Gasteiger partial charge is 0.316 e. The van der Waals surface area contributed by atoms with Crippen molar-refractivity contribution in [1.29, 1.82) is 0 Å². The SMILES string of the molecule is COC(=O)CSc1nnc(C)n1-c1ccc(Cl)cc1. The summed E-state index contributed by atoms with van der Waals surface area (Å²) in [6.07, 6.45) is 0. The second-order valence-electron chi connectivity index (χ2n) is 3.71. The molecular formula is C12H12ClN3O2S. The molecule has 0 radical (unpaired) electrons. The van der Waals surface area contributed by atoms with Crippen LogP contribution in [0.5, 0.6) is 0 Å². The van der Waals surface area contributed by atoms with Gasteiger partial charge in [0.05, 0.1) is 12.9 Å². The Labute approximate surface area is 119 Å². The molecule has 0 spiro atoms. The van der Waals surface area contributed by atoms with E-state index in [4.69, 9.17) is 11.6 Å². The van der Waals surface area contributed by atoms with E-state index in [0.29, 0.717) is 10.2 Å². The average molecular weight is 298 g/mol. The highest BCUT2D eigenvalue weighted by atomic mass is 35.5. The molecule has 1 aromatic heterocycles. The molecule has 0 amide bonds. The van der Waals surface area contributed by atoms with Crippen LogP contribution in [0.4, 0.5) is 0 Å². The Morgan fingerprint density at radius 1 is 1.37 bits per heavy atom. The van der Waals surface area contributed by atoms with Crippen LogP contribution >= 0.6 is 23.4 Å². The number of rotatable bonds is 4. The van der Waals surface area contributed by atoms with E-state index in [1.807, 2.05) is 23.6 Å². The van der Waals surface area contributed by atoms with Crippen molar-refractivity contribution in [2.24, 2.45) is 0 Å². The van der Waals surface area contributed by atoms with Gasteiger partial charge in [-0.3, -0.25) is 9.36 Å². The quantitative estimate of drug-likeness (QED) is 0.641.